The molecule has 0 radical (unpaired) electrons. The Hall–Kier alpha value is -1.32. The summed E-state index contributed by atoms with van der Waals surface area (Å²) < 4.78 is 5.13. The van der Waals surface area contributed by atoms with Crippen LogP contribution in [0.4, 0.5) is 0 Å². The number of hydrogen-bond donors (Lipinski definition) is 0. The Morgan fingerprint density at radius 1 is 1.47 bits per heavy atom. The number of likely N-dealkylation sites (N-methyl/N-ethyl adjacent to an activating group) is 1. The van der Waals surface area contributed by atoms with Crippen LogP contribution in [-0.2, 0) is 14.3 Å². The fourth-order valence-corrected chi connectivity index (χ4v) is 1.52. The van der Waals surface area contributed by atoms with Crippen molar-refractivity contribution < 1.29 is 14.3 Å². The van der Waals surface area contributed by atoms with E-state index in [-0.39, 0.29) is 17.3 Å². The van der Waals surface area contributed by atoms with E-state index in [0.29, 0.717) is 0 Å². The first kappa shape index (κ1) is 11.8. The molecule has 0 bridgehead atoms. The Bertz CT molecular complexity index is 325. The molecule has 4 nitrogen and oxygen atoms in total. The SMILES string of the molecule is CC(=O)OC1C(C(C)(C)C)=CC(=O)N1C. The van der Waals surface area contributed by atoms with E-state index in [9.17, 15) is 9.59 Å². The van der Waals surface area contributed by atoms with Gasteiger partial charge in [0, 0.05) is 25.6 Å². The van der Waals surface area contributed by atoms with Crippen molar-refractivity contribution >= 4 is 11.9 Å². The number of esters is 1. The molecule has 0 aromatic rings. The maximum atomic E-state index is 11.5. The summed E-state index contributed by atoms with van der Waals surface area (Å²) in [5, 5.41) is 0. The standard InChI is InChI=1S/C11H17NO3/c1-7(13)15-10-8(11(2,3)4)6-9(14)12(10)5/h6,10H,1-5H3. The summed E-state index contributed by atoms with van der Waals surface area (Å²) in [6.45, 7) is 7.31. The fourth-order valence-electron chi connectivity index (χ4n) is 1.52. The van der Waals surface area contributed by atoms with E-state index in [1.807, 2.05) is 20.8 Å². The molecule has 0 saturated heterocycles. The van der Waals surface area contributed by atoms with Crippen LogP contribution in [0.15, 0.2) is 11.6 Å². The summed E-state index contributed by atoms with van der Waals surface area (Å²) in [5.74, 6) is -0.497. The zero-order valence-corrected chi connectivity index (χ0v) is 9.83. The van der Waals surface area contributed by atoms with Gasteiger partial charge in [-0.2, -0.15) is 0 Å². The monoisotopic (exact) mass is 211 g/mol. The molecule has 1 rings (SSSR count). The lowest BCUT2D eigenvalue weighted by atomic mass is 9.86. The van der Waals surface area contributed by atoms with E-state index in [0.717, 1.165) is 5.57 Å². The molecule has 0 aliphatic carbocycles. The van der Waals surface area contributed by atoms with Crippen molar-refractivity contribution in [2.75, 3.05) is 7.05 Å². The first-order chi connectivity index (χ1) is 6.73. The van der Waals surface area contributed by atoms with Gasteiger partial charge in [0.25, 0.3) is 0 Å². The van der Waals surface area contributed by atoms with Crippen LogP contribution >= 0.6 is 0 Å². The molecule has 84 valence electrons. The molecule has 15 heavy (non-hydrogen) atoms. The topological polar surface area (TPSA) is 46.6 Å². The maximum Gasteiger partial charge on any atom is 0.304 e. The first-order valence-electron chi connectivity index (χ1n) is 4.89. The molecule has 1 unspecified atom stereocenters. The number of nitrogens with zero attached hydrogens (tertiary/aromatic N) is 1. The van der Waals surface area contributed by atoms with Gasteiger partial charge >= 0.3 is 5.97 Å². The van der Waals surface area contributed by atoms with E-state index in [2.05, 4.69) is 0 Å². The summed E-state index contributed by atoms with van der Waals surface area (Å²) >= 11 is 0. The molecular weight excluding hydrogens is 194 g/mol. The van der Waals surface area contributed by atoms with Crippen LogP contribution in [0.25, 0.3) is 0 Å². The Balaban J connectivity index is 2.98. The molecular formula is C11H17NO3. The normalized spacial score (nSPS) is 21.7. The minimum absolute atomic E-state index is 0.119. The lowest BCUT2D eigenvalue weighted by molar-refractivity contribution is -0.154. The van der Waals surface area contributed by atoms with Crippen molar-refractivity contribution in [1.82, 2.24) is 4.90 Å². The van der Waals surface area contributed by atoms with E-state index in [1.54, 1.807) is 13.1 Å². The van der Waals surface area contributed by atoms with Gasteiger partial charge in [-0.25, -0.2) is 0 Å². The number of carbonyl (C=O) groups is 2. The lowest BCUT2D eigenvalue weighted by Gasteiger charge is -2.29. The van der Waals surface area contributed by atoms with Crippen LogP contribution in [-0.4, -0.2) is 30.1 Å². The molecule has 0 saturated carbocycles. The van der Waals surface area contributed by atoms with Gasteiger partial charge in [-0.05, 0) is 5.41 Å². The molecule has 1 amide bonds. The van der Waals surface area contributed by atoms with Gasteiger partial charge < -0.3 is 9.64 Å². The summed E-state index contributed by atoms with van der Waals surface area (Å²) in [6, 6.07) is 0. The summed E-state index contributed by atoms with van der Waals surface area (Å²) in [4.78, 5) is 23.9. The zero-order chi connectivity index (χ0) is 11.8. The first-order valence-corrected chi connectivity index (χ1v) is 4.89. The third-order valence-corrected chi connectivity index (χ3v) is 2.39. The molecule has 1 aliphatic heterocycles. The molecule has 0 fully saturated rings. The summed E-state index contributed by atoms with van der Waals surface area (Å²) in [5.41, 5.74) is 0.658. The largest absolute Gasteiger partial charge is 0.438 e. The van der Waals surface area contributed by atoms with Crippen LogP contribution in [0.1, 0.15) is 27.7 Å². The highest BCUT2D eigenvalue weighted by atomic mass is 16.6. The minimum atomic E-state index is -0.546. The van der Waals surface area contributed by atoms with Crippen molar-refractivity contribution in [2.24, 2.45) is 5.41 Å². The van der Waals surface area contributed by atoms with Crippen molar-refractivity contribution in [3.63, 3.8) is 0 Å². The number of rotatable bonds is 1. The van der Waals surface area contributed by atoms with Crippen LogP contribution < -0.4 is 0 Å². The molecule has 0 spiro atoms. The van der Waals surface area contributed by atoms with Crippen molar-refractivity contribution in [2.45, 2.75) is 33.9 Å². The molecule has 0 aromatic heterocycles. The van der Waals surface area contributed by atoms with Gasteiger partial charge in [-0.1, -0.05) is 20.8 Å². The van der Waals surface area contributed by atoms with E-state index >= 15 is 0 Å². The van der Waals surface area contributed by atoms with Gasteiger partial charge in [-0.15, -0.1) is 0 Å². The molecule has 1 heterocycles. The molecule has 0 N–H and O–H groups in total. The summed E-state index contributed by atoms with van der Waals surface area (Å²) in [7, 11) is 1.63. The van der Waals surface area contributed by atoms with E-state index in [4.69, 9.17) is 4.74 Å². The highest BCUT2D eigenvalue weighted by molar-refractivity contribution is 5.92. The van der Waals surface area contributed by atoms with Crippen molar-refractivity contribution in [1.29, 1.82) is 0 Å². The number of carbonyl (C=O) groups excluding carboxylic acids is 2. The smallest absolute Gasteiger partial charge is 0.304 e. The van der Waals surface area contributed by atoms with Gasteiger partial charge in [0.2, 0.25) is 12.1 Å². The zero-order valence-electron chi connectivity index (χ0n) is 9.83. The number of ether oxygens (including phenoxy) is 1. The molecule has 1 aliphatic rings. The molecule has 1 atom stereocenters. The second-order valence-corrected chi connectivity index (χ2v) is 4.76. The summed E-state index contributed by atoms with van der Waals surface area (Å²) in [6.07, 6.45) is 1.00. The second-order valence-electron chi connectivity index (χ2n) is 4.76. The minimum Gasteiger partial charge on any atom is -0.438 e. The number of hydrogen-bond acceptors (Lipinski definition) is 3. The fraction of sp³-hybridized carbons (Fsp3) is 0.636. The average Bonchev–Trinajstić information content (AvgIpc) is 2.30. The van der Waals surface area contributed by atoms with Gasteiger partial charge in [0.15, 0.2) is 0 Å². The Morgan fingerprint density at radius 3 is 2.40 bits per heavy atom. The van der Waals surface area contributed by atoms with Gasteiger partial charge in [0.1, 0.15) is 0 Å². The van der Waals surface area contributed by atoms with Crippen LogP contribution in [0.3, 0.4) is 0 Å². The molecule has 0 aromatic carbocycles. The highest BCUT2D eigenvalue weighted by Gasteiger charge is 2.38. The van der Waals surface area contributed by atoms with Crippen molar-refractivity contribution in [3.8, 4) is 0 Å². The number of amides is 1. The van der Waals surface area contributed by atoms with E-state index in [1.165, 1.54) is 11.8 Å². The second kappa shape index (κ2) is 3.68. The quantitative estimate of drug-likeness (QED) is 0.614. The maximum absolute atomic E-state index is 11.5. The van der Waals surface area contributed by atoms with Crippen LogP contribution in [0.5, 0.6) is 0 Å². The lowest BCUT2D eigenvalue weighted by Crippen LogP contribution is -2.37. The Morgan fingerprint density at radius 2 is 2.00 bits per heavy atom. The van der Waals surface area contributed by atoms with E-state index < -0.39 is 6.23 Å². The Labute approximate surface area is 89.9 Å². The van der Waals surface area contributed by atoms with Crippen molar-refractivity contribution in [3.05, 3.63) is 11.6 Å². The average molecular weight is 211 g/mol. The van der Waals surface area contributed by atoms with Gasteiger partial charge in [-0.3, -0.25) is 9.59 Å². The highest BCUT2D eigenvalue weighted by Crippen LogP contribution is 2.34. The van der Waals surface area contributed by atoms with Crippen LogP contribution in [0.2, 0.25) is 0 Å². The third-order valence-electron chi connectivity index (χ3n) is 2.39. The van der Waals surface area contributed by atoms with Crippen LogP contribution in [0, 0.1) is 5.41 Å². The predicted molar refractivity (Wildman–Crippen MR) is 55.9 cm³/mol. The third kappa shape index (κ3) is 2.37. The van der Waals surface area contributed by atoms with Gasteiger partial charge in [0.05, 0.1) is 0 Å². The predicted octanol–water partition coefficient (Wildman–Crippen LogP) is 1.32. The Kier molecular flexibility index (Phi) is 2.88. The molecule has 4 heteroatoms.